The van der Waals surface area contributed by atoms with Gasteiger partial charge in [-0.25, -0.2) is 0 Å². The highest BCUT2D eigenvalue weighted by Gasteiger charge is 2.49. The Kier molecular flexibility index (Phi) is 7.37. The summed E-state index contributed by atoms with van der Waals surface area (Å²) in [5.74, 6) is -1.47. The van der Waals surface area contributed by atoms with Crippen molar-refractivity contribution in [2.45, 2.75) is 59.3 Å². The lowest BCUT2D eigenvalue weighted by atomic mass is 9.69. The molecule has 3 unspecified atom stereocenters. The van der Waals surface area contributed by atoms with E-state index in [1.54, 1.807) is 13.8 Å². The average molecular weight is 309 g/mol. The van der Waals surface area contributed by atoms with Crippen molar-refractivity contribution >= 4 is 11.9 Å². The second-order valence-corrected chi connectivity index (χ2v) is 5.88. The fourth-order valence-electron chi connectivity index (χ4n) is 3.68. The molecule has 0 saturated heterocycles. The molecule has 0 bridgehead atoms. The van der Waals surface area contributed by atoms with Crippen molar-refractivity contribution in [1.29, 1.82) is 5.26 Å². The topological polar surface area (TPSA) is 76.4 Å². The molecule has 0 N–H and O–H groups in total. The number of nitrogens with zero attached hydrogens (tertiary/aromatic N) is 1. The van der Waals surface area contributed by atoms with Crippen molar-refractivity contribution in [2.24, 2.45) is 17.3 Å². The third-order valence-corrected chi connectivity index (χ3v) is 4.53. The van der Waals surface area contributed by atoms with Gasteiger partial charge in [0.05, 0.1) is 37.0 Å². The summed E-state index contributed by atoms with van der Waals surface area (Å²) >= 11 is 0. The number of rotatable bonds is 8. The molecule has 3 atom stereocenters. The van der Waals surface area contributed by atoms with Crippen LogP contribution in [0.2, 0.25) is 0 Å². The Balaban J connectivity index is 3.00. The molecule has 0 aromatic carbocycles. The van der Waals surface area contributed by atoms with E-state index in [0.717, 1.165) is 32.1 Å². The van der Waals surface area contributed by atoms with Crippen molar-refractivity contribution in [3.05, 3.63) is 0 Å². The second-order valence-electron chi connectivity index (χ2n) is 5.88. The van der Waals surface area contributed by atoms with Gasteiger partial charge in [0.25, 0.3) is 0 Å². The molecule has 0 heterocycles. The highest BCUT2D eigenvalue weighted by molar-refractivity contribution is 5.80. The summed E-state index contributed by atoms with van der Waals surface area (Å²) in [5, 5.41) is 9.70. The van der Waals surface area contributed by atoms with Gasteiger partial charge in [-0.3, -0.25) is 9.59 Å². The molecular weight excluding hydrogens is 282 g/mol. The van der Waals surface area contributed by atoms with Gasteiger partial charge in [-0.2, -0.15) is 5.26 Å². The highest BCUT2D eigenvalue weighted by Crippen LogP contribution is 2.50. The minimum absolute atomic E-state index is 0.00445. The molecule has 1 saturated carbocycles. The van der Waals surface area contributed by atoms with Crippen LogP contribution in [0.3, 0.4) is 0 Å². The van der Waals surface area contributed by atoms with Gasteiger partial charge in [0, 0.05) is 0 Å². The van der Waals surface area contributed by atoms with Gasteiger partial charge in [-0.1, -0.05) is 19.8 Å². The van der Waals surface area contributed by atoms with Crippen LogP contribution in [0.4, 0.5) is 0 Å². The van der Waals surface area contributed by atoms with E-state index in [0.29, 0.717) is 0 Å². The third kappa shape index (κ3) is 4.22. The van der Waals surface area contributed by atoms with Crippen LogP contribution in [-0.4, -0.2) is 25.2 Å². The predicted octanol–water partition coefficient (Wildman–Crippen LogP) is 3.23. The number of nitriles is 1. The Morgan fingerprint density at radius 3 is 2.50 bits per heavy atom. The fourth-order valence-corrected chi connectivity index (χ4v) is 3.68. The largest absolute Gasteiger partial charge is 0.466 e. The first-order valence-corrected chi connectivity index (χ1v) is 8.28. The first-order valence-electron chi connectivity index (χ1n) is 8.28. The number of hydrogen-bond acceptors (Lipinski definition) is 5. The van der Waals surface area contributed by atoms with Gasteiger partial charge in [0.2, 0.25) is 0 Å². The molecule has 0 amide bonds. The molecule has 124 valence electrons. The van der Waals surface area contributed by atoms with Crippen LogP contribution in [0.15, 0.2) is 0 Å². The third-order valence-electron chi connectivity index (χ3n) is 4.53. The first-order chi connectivity index (χ1) is 10.5. The molecule has 5 nitrogen and oxygen atoms in total. The van der Waals surface area contributed by atoms with E-state index < -0.39 is 17.3 Å². The minimum atomic E-state index is -0.576. The van der Waals surface area contributed by atoms with Gasteiger partial charge in [-0.05, 0) is 39.0 Å². The summed E-state index contributed by atoms with van der Waals surface area (Å²) in [4.78, 5) is 24.2. The number of carbonyl (C=O) groups excluding carboxylic acids is 2. The van der Waals surface area contributed by atoms with Crippen LogP contribution in [0.5, 0.6) is 0 Å². The van der Waals surface area contributed by atoms with E-state index in [-0.39, 0.29) is 31.5 Å². The van der Waals surface area contributed by atoms with Gasteiger partial charge < -0.3 is 9.47 Å². The van der Waals surface area contributed by atoms with Crippen LogP contribution in [-0.2, 0) is 19.1 Å². The van der Waals surface area contributed by atoms with Crippen molar-refractivity contribution in [2.75, 3.05) is 13.2 Å². The number of ether oxygens (including phenoxy) is 2. The highest BCUT2D eigenvalue weighted by atomic mass is 16.5. The Morgan fingerprint density at radius 1 is 1.27 bits per heavy atom. The summed E-state index contributed by atoms with van der Waals surface area (Å²) in [7, 11) is 0. The standard InChI is InChI=1S/C17H27NO4/c1-4-9-17(12-18)10-7-8-14(17)13(16(20)22-6-3)11-15(19)21-5-2/h13-14H,4-11H2,1-3H3. The molecule has 0 radical (unpaired) electrons. The van der Waals surface area contributed by atoms with Crippen LogP contribution >= 0.6 is 0 Å². The molecule has 0 aromatic rings. The van der Waals surface area contributed by atoms with E-state index >= 15 is 0 Å². The zero-order chi connectivity index (χ0) is 16.6. The summed E-state index contributed by atoms with van der Waals surface area (Å²) in [6.45, 7) is 6.09. The molecular formula is C17H27NO4. The van der Waals surface area contributed by atoms with Gasteiger partial charge in [0.1, 0.15) is 0 Å². The zero-order valence-electron chi connectivity index (χ0n) is 13.9. The Labute approximate surface area is 133 Å². The fraction of sp³-hybridized carbons (Fsp3) is 0.824. The monoisotopic (exact) mass is 309 g/mol. The van der Waals surface area contributed by atoms with E-state index in [1.165, 1.54) is 0 Å². The van der Waals surface area contributed by atoms with E-state index in [2.05, 4.69) is 6.07 Å². The van der Waals surface area contributed by atoms with E-state index in [4.69, 9.17) is 9.47 Å². The summed E-state index contributed by atoms with van der Waals surface area (Å²) in [6, 6.07) is 2.45. The molecule has 1 fully saturated rings. The summed E-state index contributed by atoms with van der Waals surface area (Å²) < 4.78 is 10.1. The number of carbonyl (C=O) groups is 2. The van der Waals surface area contributed by atoms with Crippen molar-refractivity contribution < 1.29 is 19.1 Å². The van der Waals surface area contributed by atoms with Crippen molar-refractivity contribution in [3.63, 3.8) is 0 Å². The maximum atomic E-state index is 12.3. The smallest absolute Gasteiger partial charge is 0.309 e. The van der Waals surface area contributed by atoms with Gasteiger partial charge in [-0.15, -0.1) is 0 Å². The Morgan fingerprint density at radius 2 is 1.95 bits per heavy atom. The van der Waals surface area contributed by atoms with Crippen molar-refractivity contribution in [3.8, 4) is 6.07 Å². The summed E-state index contributed by atoms with van der Waals surface area (Å²) in [6.07, 6.45) is 4.14. The average Bonchev–Trinajstić information content (AvgIpc) is 2.89. The van der Waals surface area contributed by atoms with Gasteiger partial charge >= 0.3 is 11.9 Å². The predicted molar refractivity (Wildman–Crippen MR) is 81.7 cm³/mol. The number of esters is 2. The zero-order valence-corrected chi connectivity index (χ0v) is 13.9. The lowest BCUT2D eigenvalue weighted by Gasteiger charge is -2.33. The Bertz CT molecular complexity index is 429. The molecule has 0 spiro atoms. The van der Waals surface area contributed by atoms with Gasteiger partial charge in [0.15, 0.2) is 0 Å². The molecule has 1 rings (SSSR count). The quantitative estimate of drug-likeness (QED) is 0.643. The number of hydrogen-bond donors (Lipinski definition) is 0. The SMILES string of the molecule is CCCC1(C#N)CCCC1C(CC(=O)OCC)C(=O)OCC. The maximum Gasteiger partial charge on any atom is 0.309 e. The maximum absolute atomic E-state index is 12.3. The van der Waals surface area contributed by atoms with Crippen LogP contribution in [0.1, 0.15) is 59.3 Å². The van der Waals surface area contributed by atoms with E-state index in [1.807, 2.05) is 6.92 Å². The normalized spacial score (nSPS) is 25.3. The molecule has 0 aromatic heterocycles. The Hall–Kier alpha value is -1.57. The molecule has 5 heteroatoms. The van der Waals surface area contributed by atoms with Crippen LogP contribution < -0.4 is 0 Å². The van der Waals surface area contributed by atoms with Crippen molar-refractivity contribution in [1.82, 2.24) is 0 Å². The second kappa shape index (κ2) is 8.77. The van der Waals surface area contributed by atoms with E-state index in [9.17, 15) is 14.9 Å². The van der Waals surface area contributed by atoms with Crippen LogP contribution in [0, 0.1) is 28.6 Å². The summed E-state index contributed by atoms with van der Waals surface area (Å²) in [5.41, 5.74) is -0.515. The minimum Gasteiger partial charge on any atom is -0.466 e. The molecule has 0 aliphatic heterocycles. The lowest BCUT2D eigenvalue weighted by molar-refractivity contribution is -0.158. The molecule has 1 aliphatic carbocycles. The molecule has 22 heavy (non-hydrogen) atoms. The molecule has 1 aliphatic rings. The lowest BCUT2D eigenvalue weighted by Crippen LogP contribution is -2.36. The first kappa shape index (κ1) is 18.5. The van der Waals surface area contributed by atoms with Crippen LogP contribution in [0.25, 0.3) is 0 Å².